The van der Waals surface area contributed by atoms with Crippen molar-refractivity contribution in [3.05, 3.63) is 0 Å². The van der Waals surface area contributed by atoms with E-state index in [1.807, 2.05) is 0 Å². The predicted molar refractivity (Wildman–Crippen MR) is 38.3 cm³/mol. The van der Waals surface area contributed by atoms with Gasteiger partial charge in [-0.15, -0.1) is 0 Å². The molecule has 4 nitrogen and oxygen atoms in total. The number of esters is 1. The zero-order valence-electron chi connectivity index (χ0n) is 6.93. The van der Waals surface area contributed by atoms with Crippen molar-refractivity contribution >= 4 is 5.97 Å². The molecule has 0 aromatic carbocycles. The maximum Gasteiger partial charge on any atom is 0.322 e. The van der Waals surface area contributed by atoms with Crippen molar-refractivity contribution in [2.24, 2.45) is 11.5 Å². The van der Waals surface area contributed by atoms with Crippen LogP contribution in [0.1, 0.15) is 12.8 Å². The van der Waals surface area contributed by atoms with Crippen LogP contribution in [0.5, 0.6) is 0 Å². The van der Waals surface area contributed by atoms with E-state index in [9.17, 15) is 4.79 Å². The molecule has 0 heterocycles. The van der Waals surface area contributed by atoms with Gasteiger partial charge in [-0.1, -0.05) is 0 Å². The molecular weight excluding hydrogens is 203 g/mol. The second-order valence-electron chi connectivity index (χ2n) is 2.06. The molecule has 1 atom stereocenters. The van der Waals surface area contributed by atoms with Crippen LogP contribution < -0.4 is 36.3 Å². The Kier molecular flexibility index (Phi) is 16.4. The number of hydrogen-bond acceptors (Lipinski definition) is 4. The topological polar surface area (TPSA) is 78.3 Å². The van der Waals surface area contributed by atoms with Gasteiger partial charge in [0, 0.05) is 0 Å². The highest BCUT2D eigenvalue weighted by Gasteiger charge is 2.11. The van der Waals surface area contributed by atoms with E-state index in [-0.39, 0.29) is 30.8 Å². The van der Waals surface area contributed by atoms with Gasteiger partial charge in [-0.25, -0.2) is 0 Å². The minimum atomic E-state index is -0.506. The SMILES string of the molecule is COC(=O)C(N)CCCN.[Cl-].[Cl-]. The van der Waals surface area contributed by atoms with E-state index >= 15 is 0 Å². The molecular formula is C6H14Cl2N2O2-2. The summed E-state index contributed by atoms with van der Waals surface area (Å²) in [5.41, 5.74) is 10.6. The maximum atomic E-state index is 10.6. The van der Waals surface area contributed by atoms with E-state index in [1.165, 1.54) is 7.11 Å². The lowest BCUT2D eigenvalue weighted by Gasteiger charge is -2.06. The smallest absolute Gasteiger partial charge is 0.322 e. The number of halogens is 2. The Balaban J connectivity index is -0.000000405. The van der Waals surface area contributed by atoms with Crippen molar-refractivity contribution in [2.75, 3.05) is 13.7 Å². The van der Waals surface area contributed by atoms with E-state index in [2.05, 4.69) is 4.74 Å². The van der Waals surface area contributed by atoms with Gasteiger partial charge in [-0.3, -0.25) is 4.79 Å². The molecule has 0 bridgehead atoms. The number of methoxy groups -OCH3 is 1. The van der Waals surface area contributed by atoms with Crippen molar-refractivity contribution in [1.82, 2.24) is 0 Å². The number of rotatable bonds is 4. The monoisotopic (exact) mass is 216 g/mol. The Bertz CT molecular complexity index is 114. The molecule has 4 N–H and O–H groups in total. The largest absolute Gasteiger partial charge is 1.00 e. The van der Waals surface area contributed by atoms with E-state index in [0.717, 1.165) is 6.42 Å². The summed E-state index contributed by atoms with van der Waals surface area (Å²) in [6.07, 6.45) is 1.36. The third kappa shape index (κ3) is 8.07. The molecule has 0 aromatic heterocycles. The second kappa shape index (κ2) is 11.0. The Labute approximate surface area is 84.8 Å². The Morgan fingerprint density at radius 2 is 2.00 bits per heavy atom. The third-order valence-corrected chi connectivity index (χ3v) is 1.22. The molecule has 0 saturated heterocycles. The molecule has 1 unspecified atom stereocenters. The quantitative estimate of drug-likeness (QED) is 0.459. The Morgan fingerprint density at radius 3 is 2.33 bits per heavy atom. The number of nitrogens with two attached hydrogens (primary N) is 2. The highest BCUT2D eigenvalue weighted by atomic mass is 35.5. The van der Waals surface area contributed by atoms with Crippen LogP contribution in [0.25, 0.3) is 0 Å². The van der Waals surface area contributed by atoms with Crippen LogP contribution in [0.2, 0.25) is 0 Å². The summed E-state index contributed by atoms with van der Waals surface area (Å²) in [7, 11) is 1.32. The lowest BCUT2D eigenvalue weighted by molar-refractivity contribution is -0.142. The number of ether oxygens (including phenoxy) is 1. The minimum Gasteiger partial charge on any atom is -1.00 e. The first-order chi connectivity index (χ1) is 4.72. The molecule has 6 heteroatoms. The summed E-state index contributed by atoms with van der Waals surface area (Å²) < 4.78 is 4.40. The van der Waals surface area contributed by atoms with Crippen LogP contribution in [0.15, 0.2) is 0 Å². The molecule has 0 saturated carbocycles. The average molecular weight is 217 g/mol. The van der Waals surface area contributed by atoms with Crippen molar-refractivity contribution in [1.29, 1.82) is 0 Å². The standard InChI is InChI=1S/C6H14N2O2.2ClH/c1-10-6(9)5(8)3-2-4-7;;/h5H,2-4,7-8H2,1H3;2*1H/p-2. The zero-order chi connectivity index (χ0) is 7.98. The van der Waals surface area contributed by atoms with Gasteiger partial charge in [0.25, 0.3) is 0 Å². The fourth-order valence-electron chi connectivity index (χ4n) is 0.607. The summed E-state index contributed by atoms with van der Waals surface area (Å²) in [5, 5.41) is 0. The fourth-order valence-corrected chi connectivity index (χ4v) is 0.607. The number of carbonyl (C=O) groups excluding carboxylic acids is 1. The molecule has 76 valence electrons. The number of hydrogen-bond donors (Lipinski definition) is 2. The van der Waals surface area contributed by atoms with Gasteiger partial charge in [0.15, 0.2) is 0 Å². The van der Waals surface area contributed by atoms with Crippen LogP contribution >= 0.6 is 0 Å². The van der Waals surface area contributed by atoms with Gasteiger partial charge in [0.1, 0.15) is 6.04 Å². The summed E-state index contributed by atoms with van der Waals surface area (Å²) >= 11 is 0. The first kappa shape index (κ1) is 17.9. The normalized spacial score (nSPS) is 10.6. The van der Waals surface area contributed by atoms with Crippen molar-refractivity contribution < 1.29 is 34.3 Å². The first-order valence-corrected chi connectivity index (χ1v) is 3.26. The van der Waals surface area contributed by atoms with E-state index in [1.54, 1.807) is 0 Å². The summed E-state index contributed by atoms with van der Waals surface area (Å²) in [6, 6.07) is -0.506. The minimum absolute atomic E-state index is 0. The van der Waals surface area contributed by atoms with E-state index in [4.69, 9.17) is 11.5 Å². The fraction of sp³-hybridized carbons (Fsp3) is 0.833. The zero-order valence-corrected chi connectivity index (χ0v) is 8.44. The van der Waals surface area contributed by atoms with Crippen LogP contribution in [-0.2, 0) is 9.53 Å². The predicted octanol–water partition coefficient (Wildman–Crippen LogP) is -6.77. The molecule has 0 aliphatic carbocycles. The van der Waals surface area contributed by atoms with Gasteiger partial charge in [-0.2, -0.15) is 0 Å². The Hall–Kier alpha value is -0.0300. The molecule has 0 radical (unpaired) electrons. The van der Waals surface area contributed by atoms with Gasteiger partial charge >= 0.3 is 5.97 Å². The van der Waals surface area contributed by atoms with Gasteiger partial charge in [0.05, 0.1) is 7.11 Å². The van der Waals surface area contributed by atoms with Crippen LogP contribution in [0.4, 0.5) is 0 Å². The molecule has 0 rings (SSSR count). The average Bonchev–Trinajstić information content (AvgIpc) is 1.98. The van der Waals surface area contributed by atoms with Crippen molar-refractivity contribution in [2.45, 2.75) is 18.9 Å². The van der Waals surface area contributed by atoms with Gasteiger partial charge < -0.3 is 41.0 Å². The summed E-state index contributed by atoms with van der Waals surface area (Å²) in [6.45, 7) is 0.560. The van der Waals surface area contributed by atoms with Crippen LogP contribution in [-0.4, -0.2) is 25.7 Å². The summed E-state index contributed by atoms with van der Waals surface area (Å²) in [4.78, 5) is 10.6. The second-order valence-corrected chi connectivity index (χ2v) is 2.06. The Morgan fingerprint density at radius 1 is 1.50 bits per heavy atom. The van der Waals surface area contributed by atoms with E-state index < -0.39 is 6.04 Å². The maximum absolute atomic E-state index is 10.6. The molecule has 0 aliphatic rings. The molecule has 0 aliphatic heterocycles. The molecule has 0 spiro atoms. The first-order valence-electron chi connectivity index (χ1n) is 3.26. The lowest BCUT2D eigenvalue weighted by Crippen LogP contribution is -3.00. The number of carbonyl (C=O) groups is 1. The summed E-state index contributed by atoms with van der Waals surface area (Å²) in [5.74, 6) is -0.367. The highest BCUT2D eigenvalue weighted by Crippen LogP contribution is 1.93. The molecule has 0 fully saturated rings. The molecule has 12 heavy (non-hydrogen) atoms. The van der Waals surface area contributed by atoms with Gasteiger partial charge in [0.2, 0.25) is 0 Å². The highest BCUT2D eigenvalue weighted by molar-refractivity contribution is 5.75. The van der Waals surface area contributed by atoms with Crippen molar-refractivity contribution in [3.8, 4) is 0 Å². The molecule has 0 amide bonds. The lowest BCUT2D eigenvalue weighted by atomic mass is 10.2. The van der Waals surface area contributed by atoms with Crippen LogP contribution in [0, 0.1) is 0 Å². The molecule has 0 aromatic rings. The van der Waals surface area contributed by atoms with Gasteiger partial charge in [-0.05, 0) is 19.4 Å². The van der Waals surface area contributed by atoms with E-state index in [0.29, 0.717) is 13.0 Å². The van der Waals surface area contributed by atoms with Crippen molar-refractivity contribution in [3.63, 3.8) is 0 Å². The van der Waals surface area contributed by atoms with Crippen LogP contribution in [0.3, 0.4) is 0 Å². The third-order valence-electron chi connectivity index (χ3n) is 1.22.